The Labute approximate surface area is 106 Å². The fraction of sp³-hybridized carbons (Fsp3) is 0.385. The van der Waals surface area contributed by atoms with E-state index in [4.69, 9.17) is 9.47 Å². The number of amides is 1. The van der Waals surface area contributed by atoms with Gasteiger partial charge in [-0.05, 0) is 12.1 Å². The third kappa shape index (κ3) is 3.48. The third-order valence-electron chi connectivity index (χ3n) is 2.57. The Morgan fingerprint density at radius 3 is 2.44 bits per heavy atom. The van der Waals surface area contributed by atoms with Crippen LogP contribution in [0.1, 0.15) is 23.2 Å². The summed E-state index contributed by atoms with van der Waals surface area (Å²) in [6, 6.07) is 4.98. The predicted octanol–water partition coefficient (Wildman–Crippen LogP) is 1.41. The highest BCUT2D eigenvalue weighted by Crippen LogP contribution is 2.25. The van der Waals surface area contributed by atoms with Gasteiger partial charge < -0.3 is 14.8 Å². The number of methoxy groups -OCH3 is 2. The van der Waals surface area contributed by atoms with Crippen LogP contribution in [0.4, 0.5) is 0 Å². The number of hydrogen-bond donors (Lipinski definition) is 1. The van der Waals surface area contributed by atoms with Gasteiger partial charge in [-0.15, -0.1) is 0 Å². The first-order chi connectivity index (χ1) is 8.62. The first kappa shape index (κ1) is 14.0. The van der Waals surface area contributed by atoms with Gasteiger partial charge in [-0.2, -0.15) is 0 Å². The van der Waals surface area contributed by atoms with Crippen molar-refractivity contribution >= 4 is 11.7 Å². The molecule has 1 amide bonds. The van der Waals surface area contributed by atoms with Gasteiger partial charge in [0.05, 0.1) is 19.8 Å². The molecule has 1 aromatic rings. The lowest BCUT2D eigenvalue weighted by Crippen LogP contribution is -2.18. The van der Waals surface area contributed by atoms with E-state index in [-0.39, 0.29) is 24.5 Å². The van der Waals surface area contributed by atoms with E-state index < -0.39 is 0 Å². The van der Waals surface area contributed by atoms with Crippen molar-refractivity contribution in [1.29, 1.82) is 0 Å². The fourth-order valence-electron chi connectivity index (χ4n) is 1.52. The summed E-state index contributed by atoms with van der Waals surface area (Å²) in [5, 5.41) is 2.48. The van der Waals surface area contributed by atoms with Crippen LogP contribution in [0.2, 0.25) is 0 Å². The summed E-state index contributed by atoms with van der Waals surface area (Å²) in [5.41, 5.74) is 0.460. The number of ketones is 1. The Morgan fingerprint density at radius 2 is 1.89 bits per heavy atom. The molecule has 0 aromatic heterocycles. The molecule has 0 saturated carbocycles. The Hall–Kier alpha value is -2.04. The largest absolute Gasteiger partial charge is 0.497 e. The molecule has 0 aliphatic rings. The molecule has 1 aromatic carbocycles. The zero-order chi connectivity index (χ0) is 13.5. The number of benzene rings is 1. The second-order valence-electron chi connectivity index (χ2n) is 3.66. The summed E-state index contributed by atoms with van der Waals surface area (Å²) in [5.74, 6) is 0.792. The van der Waals surface area contributed by atoms with Gasteiger partial charge in [0.2, 0.25) is 5.91 Å². The minimum atomic E-state index is -0.157. The maximum atomic E-state index is 11.9. The standard InChI is InChI=1S/C13H17NO4/c1-14-13(16)7-6-11(15)10-5-4-9(17-2)8-12(10)18-3/h4-5,8H,6-7H2,1-3H3,(H,14,16). The Kier molecular flexibility index (Phi) is 5.17. The monoisotopic (exact) mass is 251 g/mol. The maximum absolute atomic E-state index is 11.9. The molecular formula is C13H17NO4. The van der Waals surface area contributed by atoms with Crippen LogP contribution in [0.15, 0.2) is 18.2 Å². The van der Waals surface area contributed by atoms with E-state index in [1.165, 1.54) is 7.11 Å². The van der Waals surface area contributed by atoms with Gasteiger partial charge in [-0.25, -0.2) is 0 Å². The first-order valence-corrected chi connectivity index (χ1v) is 5.58. The lowest BCUT2D eigenvalue weighted by molar-refractivity contribution is -0.120. The molecule has 1 N–H and O–H groups in total. The fourth-order valence-corrected chi connectivity index (χ4v) is 1.52. The predicted molar refractivity (Wildman–Crippen MR) is 67.2 cm³/mol. The van der Waals surface area contributed by atoms with Crippen LogP contribution in [0, 0.1) is 0 Å². The summed E-state index contributed by atoms with van der Waals surface area (Å²) in [7, 11) is 4.58. The van der Waals surface area contributed by atoms with Gasteiger partial charge >= 0.3 is 0 Å². The summed E-state index contributed by atoms with van der Waals surface area (Å²) < 4.78 is 10.2. The topological polar surface area (TPSA) is 64.6 Å². The minimum absolute atomic E-state index is 0.127. The third-order valence-corrected chi connectivity index (χ3v) is 2.57. The second kappa shape index (κ2) is 6.64. The SMILES string of the molecule is CNC(=O)CCC(=O)c1ccc(OC)cc1OC. The van der Waals surface area contributed by atoms with Crippen LogP contribution in [0.3, 0.4) is 0 Å². The number of carbonyl (C=O) groups is 2. The maximum Gasteiger partial charge on any atom is 0.220 e. The van der Waals surface area contributed by atoms with E-state index >= 15 is 0 Å². The molecule has 0 unspecified atom stereocenters. The number of carbonyl (C=O) groups excluding carboxylic acids is 2. The average molecular weight is 251 g/mol. The smallest absolute Gasteiger partial charge is 0.220 e. The van der Waals surface area contributed by atoms with E-state index in [1.807, 2.05) is 0 Å². The lowest BCUT2D eigenvalue weighted by Gasteiger charge is -2.09. The normalized spacial score (nSPS) is 9.72. The molecule has 0 heterocycles. The van der Waals surface area contributed by atoms with Crippen LogP contribution >= 0.6 is 0 Å². The quantitative estimate of drug-likeness (QED) is 0.776. The minimum Gasteiger partial charge on any atom is -0.497 e. The van der Waals surface area contributed by atoms with E-state index in [1.54, 1.807) is 32.4 Å². The molecule has 0 spiro atoms. The van der Waals surface area contributed by atoms with Gasteiger partial charge in [-0.1, -0.05) is 0 Å². The highest BCUT2D eigenvalue weighted by Gasteiger charge is 2.14. The molecule has 0 fully saturated rings. The van der Waals surface area contributed by atoms with Crippen LogP contribution in [-0.4, -0.2) is 33.0 Å². The Bertz CT molecular complexity index is 443. The van der Waals surface area contributed by atoms with Crippen molar-refractivity contribution in [2.24, 2.45) is 0 Å². The summed E-state index contributed by atoms with van der Waals surface area (Å²) in [6.07, 6.45) is 0.326. The number of ether oxygens (including phenoxy) is 2. The van der Waals surface area contributed by atoms with Crippen molar-refractivity contribution in [2.75, 3.05) is 21.3 Å². The number of nitrogens with one attached hydrogen (secondary N) is 1. The summed E-state index contributed by atoms with van der Waals surface area (Å²) >= 11 is 0. The zero-order valence-electron chi connectivity index (χ0n) is 10.8. The molecular weight excluding hydrogens is 234 g/mol. The highest BCUT2D eigenvalue weighted by molar-refractivity contribution is 6.00. The van der Waals surface area contributed by atoms with Crippen LogP contribution in [0.5, 0.6) is 11.5 Å². The van der Waals surface area contributed by atoms with Crippen LogP contribution in [-0.2, 0) is 4.79 Å². The van der Waals surface area contributed by atoms with Crippen molar-refractivity contribution in [3.63, 3.8) is 0 Å². The number of rotatable bonds is 6. The molecule has 0 aliphatic carbocycles. The van der Waals surface area contributed by atoms with Crippen molar-refractivity contribution in [2.45, 2.75) is 12.8 Å². The molecule has 0 aliphatic heterocycles. The molecule has 1 rings (SSSR count). The van der Waals surface area contributed by atoms with Gasteiger partial charge in [0, 0.05) is 26.0 Å². The second-order valence-corrected chi connectivity index (χ2v) is 3.66. The van der Waals surface area contributed by atoms with E-state index in [0.29, 0.717) is 17.1 Å². The molecule has 0 radical (unpaired) electrons. The van der Waals surface area contributed by atoms with Crippen molar-refractivity contribution < 1.29 is 19.1 Å². The van der Waals surface area contributed by atoms with Gasteiger partial charge in [-0.3, -0.25) is 9.59 Å². The van der Waals surface area contributed by atoms with Crippen molar-refractivity contribution in [3.8, 4) is 11.5 Å². The average Bonchev–Trinajstić information content (AvgIpc) is 2.43. The van der Waals surface area contributed by atoms with Crippen LogP contribution < -0.4 is 14.8 Å². The molecule has 0 atom stereocenters. The van der Waals surface area contributed by atoms with Gasteiger partial charge in [0.25, 0.3) is 0 Å². The van der Waals surface area contributed by atoms with Crippen molar-refractivity contribution in [1.82, 2.24) is 5.32 Å². The van der Waals surface area contributed by atoms with E-state index in [9.17, 15) is 9.59 Å². The number of Topliss-reactive ketones (excluding diaryl/α,β-unsaturated/α-hetero) is 1. The lowest BCUT2D eigenvalue weighted by atomic mass is 10.0. The molecule has 0 bridgehead atoms. The molecule has 5 heteroatoms. The van der Waals surface area contributed by atoms with E-state index in [2.05, 4.69) is 5.32 Å². The summed E-state index contributed by atoms with van der Waals surface area (Å²) in [6.45, 7) is 0. The zero-order valence-corrected chi connectivity index (χ0v) is 10.8. The highest BCUT2D eigenvalue weighted by atomic mass is 16.5. The molecule has 5 nitrogen and oxygen atoms in total. The number of hydrogen-bond acceptors (Lipinski definition) is 4. The van der Waals surface area contributed by atoms with Gasteiger partial charge in [0.1, 0.15) is 11.5 Å². The first-order valence-electron chi connectivity index (χ1n) is 5.58. The Morgan fingerprint density at radius 1 is 1.17 bits per heavy atom. The molecule has 18 heavy (non-hydrogen) atoms. The molecule has 98 valence electrons. The summed E-state index contributed by atoms with van der Waals surface area (Å²) in [4.78, 5) is 23.0. The Balaban J connectivity index is 2.81. The van der Waals surface area contributed by atoms with E-state index in [0.717, 1.165) is 0 Å². The van der Waals surface area contributed by atoms with Crippen LogP contribution in [0.25, 0.3) is 0 Å². The molecule has 0 saturated heterocycles. The van der Waals surface area contributed by atoms with Gasteiger partial charge in [0.15, 0.2) is 5.78 Å². The van der Waals surface area contributed by atoms with Crippen molar-refractivity contribution in [3.05, 3.63) is 23.8 Å².